The van der Waals surface area contributed by atoms with E-state index >= 15 is 0 Å². The van der Waals surface area contributed by atoms with Crippen LogP contribution >= 0.6 is 0 Å². The molecule has 2 heteroatoms. The molecule has 0 aliphatic heterocycles. The van der Waals surface area contributed by atoms with E-state index in [9.17, 15) is 0 Å². The third-order valence-corrected chi connectivity index (χ3v) is 2.03. The predicted molar refractivity (Wildman–Crippen MR) is 49.7 cm³/mol. The summed E-state index contributed by atoms with van der Waals surface area (Å²) in [6.07, 6.45) is 0. The first-order chi connectivity index (χ1) is 4.93. The van der Waals surface area contributed by atoms with Gasteiger partial charge in [-0.15, -0.1) is 0 Å². The van der Waals surface area contributed by atoms with Crippen molar-refractivity contribution >= 4 is 5.82 Å². The first-order valence-corrected chi connectivity index (χ1v) is 3.87. The maximum Gasteiger partial charge on any atom is 0.207 e. The summed E-state index contributed by atoms with van der Waals surface area (Å²) in [6, 6.07) is 4.33. The van der Waals surface area contributed by atoms with Crippen LogP contribution in [-0.2, 0) is 7.05 Å². The van der Waals surface area contributed by atoms with E-state index < -0.39 is 0 Å². The third-order valence-electron chi connectivity index (χ3n) is 2.03. The van der Waals surface area contributed by atoms with Gasteiger partial charge in [0.05, 0.1) is 21.1 Å². The maximum absolute atomic E-state index is 2.22. The monoisotopic (exact) mass is 153 g/mol. The molecule has 0 atom stereocenters. The molecule has 1 aromatic heterocycles. The summed E-state index contributed by atoms with van der Waals surface area (Å²) >= 11 is 0. The van der Waals surface area contributed by atoms with Crippen LogP contribution in [0.15, 0.2) is 12.1 Å². The summed E-state index contributed by atoms with van der Waals surface area (Å²) in [5.74, 6) is 1.34. The van der Waals surface area contributed by atoms with Gasteiger partial charge in [0, 0.05) is 18.8 Å². The fourth-order valence-corrected chi connectivity index (χ4v) is 1.27. The van der Waals surface area contributed by atoms with Gasteiger partial charge in [-0.2, -0.15) is 0 Å². The number of aryl methyl sites for hydroxylation is 1. The summed E-state index contributed by atoms with van der Waals surface area (Å²) in [5.41, 5.74) is 1.31. The van der Waals surface area contributed by atoms with Crippen LogP contribution in [0.2, 0.25) is 0 Å². The van der Waals surface area contributed by atoms with E-state index in [-0.39, 0.29) is 0 Å². The molecule has 1 aromatic rings. The van der Waals surface area contributed by atoms with E-state index in [0.717, 1.165) is 4.48 Å². The lowest BCUT2D eigenvalue weighted by molar-refractivity contribution is 0.458. The van der Waals surface area contributed by atoms with Gasteiger partial charge < -0.3 is 4.57 Å². The van der Waals surface area contributed by atoms with Crippen molar-refractivity contribution in [3.05, 3.63) is 17.8 Å². The highest BCUT2D eigenvalue weighted by Crippen LogP contribution is 2.18. The molecule has 0 N–H and O–H groups in total. The molecule has 0 aliphatic rings. The Morgan fingerprint density at radius 1 is 1.18 bits per heavy atom. The van der Waals surface area contributed by atoms with Gasteiger partial charge in [0.25, 0.3) is 0 Å². The van der Waals surface area contributed by atoms with E-state index in [2.05, 4.69) is 51.8 Å². The molecule has 11 heavy (non-hydrogen) atoms. The summed E-state index contributed by atoms with van der Waals surface area (Å²) in [6.45, 7) is 2.12. The van der Waals surface area contributed by atoms with Gasteiger partial charge in [-0.05, 0) is 13.0 Å². The van der Waals surface area contributed by atoms with Crippen molar-refractivity contribution in [2.45, 2.75) is 6.92 Å². The van der Waals surface area contributed by atoms with Crippen LogP contribution in [0.4, 0.5) is 5.82 Å². The van der Waals surface area contributed by atoms with Crippen LogP contribution < -0.4 is 4.48 Å². The minimum absolute atomic E-state index is 0.879. The van der Waals surface area contributed by atoms with Crippen LogP contribution in [0, 0.1) is 6.92 Å². The molecule has 0 saturated heterocycles. The van der Waals surface area contributed by atoms with Crippen molar-refractivity contribution in [3.8, 4) is 0 Å². The van der Waals surface area contributed by atoms with Gasteiger partial charge >= 0.3 is 0 Å². The molecule has 0 aromatic carbocycles. The molecule has 62 valence electrons. The topological polar surface area (TPSA) is 4.93 Å². The maximum atomic E-state index is 2.22. The zero-order chi connectivity index (χ0) is 8.65. The fraction of sp³-hybridized carbons (Fsp3) is 0.556. The molecule has 0 unspecified atom stereocenters. The second-order valence-corrected chi connectivity index (χ2v) is 3.90. The summed E-state index contributed by atoms with van der Waals surface area (Å²) in [4.78, 5) is 0. The van der Waals surface area contributed by atoms with Gasteiger partial charge in [0.1, 0.15) is 0 Å². The summed E-state index contributed by atoms with van der Waals surface area (Å²) < 4.78 is 3.10. The molecule has 1 heterocycles. The zero-order valence-corrected chi connectivity index (χ0v) is 8.05. The molecule has 2 nitrogen and oxygen atoms in total. The third kappa shape index (κ3) is 1.46. The smallest absolute Gasteiger partial charge is 0.207 e. The van der Waals surface area contributed by atoms with E-state index in [1.165, 1.54) is 11.5 Å². The Labute approximate surface area is 68.6 Å². The number of hydrogen-bond donors (Lipinski definition) is 0. The van der Waals surface area contributed by atoms with Gasteiger partial charge in [0.2, 0.25) is 5.82 Å². The number of quaternary nitrogens is 1. The van der Waals surface area contributed by atoms with Crippen molar-refractivity contribution in [1.82, 2.24) is 9.05 Å². The molecule has 0 fully saturated rings. The Bertz CT molecular complexity index is 253. The Balaban J connectivity index is 3.15. The van der Waals surface area contributed by atoms with Crippen molar-refractivity contribution in [3.63, 3.8) is 0 Å². The van der Waals surface area contributed by atoms with Crippen LogP contribution in [-0.4, -0.2) is 25.7 Å². The largest absolute Gasteiger partial charge is 0.305 e. The molecule has 0 spiro atoms. The second-order valence-electron chi connectivity index (χ2n) is 3.90. The molecule has 0 amide bonds. The van der Waals surface area contributed by atoms with Crippen molar-refractivity contribution in [1.29, 1.82) is 0 Å². The number of aromatic nitrogens is 1. The lowest BCUT2D eigenvalue weighted by atomic mass is 10.5. The molecule has 0 saturated carbocycles. The van der Waals surface area contributed by atoms with E-state index in [0.29, 0.717) is 0 Å². The highest BCUT2D eigenvalue weighted by molar-refractivity contribution is 5.37. The van der Waals surface area contributed by atoms with Crippen molar-refractivity contribution in [2.24, 2.45) is 7.05 Å². The van der Waals surface area contributed by atoms with Gasteiger partial charge in [0.15, 0.2) is 0 Å². The van der Waals surface area contributed by atoms with Crippen LogP contribution in [0.1, 0.15) is 5.69 Å². The molecule has 1 rings (SSSR count). The quantitative estimate of drug-likeness (QED) is 0.539. The Morgan fingerprint density at radius 3 is 1.91 bits per heavy atom. The highest BCUT2D eigenvalue weighted by atomic mass is 15.4. The Morgan fingerprint density at radius 2 is 1.73 bits per heavy atom. The van der Waals surface area contributed by atoms with E-state index in [1.807, 2.05) is 0 Å². The molecule has 0 bridgehead atoms. The molecular weight excluding hydrogens is 136 g/mol. The predicted octanol–water partition coefficient (Wildman–Crippen LogP) is 1.53. The van der Waals surface area contributed by atoms with Gasteiger partial charge in [-0.25, -0.2) is 0 Å². The lowest BCUT2D eigenvalue weighted by Gasteiger charge is -2.23. The summed E-state index contributed by atoms with van der Waals surface area (Å²) in [7, 11) is 8.63. The first kappa shape index (κ1) is 8.34. The minimum Gasteiger partial charge on any atom is -0.305 e. The average molecular weight is 153 g/mol. The van der Waals surface area contributed by atoms with E-state index in [4.69, 9.17) is 0 Å². The van der Waals surface area contributed by atoms with Crippen LogP contribution in [0.3, 0.4) is 0 Å². The van der Waals surface area contributed by atoms with E-state index in [1.54, 1.807) is 0 Å². The van der Waals surface area contributed by atoms with Crippen LogP contribution in [0.5, 0.6) is 0 Å². The molecule has 0 aliphatic carbocycles. The second kappa shape index (κ2) is 2.38. The van der Waals surface area contributed by atoms with Gasteiger partial charge in [-0.3, -0.25) is 4.48 Å². The fourth-order valence-electron chi connectivity index (χ4n) is 1.27. The summed E-state index contributed by atoms with van der Waals surface area (Å²) in [5, 5.41) is 0. The Kier molecular flexibility index (Phi) is 1.80. The number of hydrogen-bond acceptors (Lipinski definition) is 0. The zero-order valence-electron chi connectivity index (χ0n) is 8.05. The number of nitrogens with zero attached hydrogens (tertiary/aromatic N) is 2. The van der Waals surface area contributed by atoms with Crippen molar-refractivity contribution in [2.75, 3.05) is 21.1 Å². The van der Waals surface area contributed by atoms with Crippen molar-refractivity contribution < 1.29 is 0 Å². The van der Waals surface area contributed by atoms with Gasteiger partial charge in [-0.1, -0.05) is 0 Å². The molecular formula is C9H17N2+. The molecule has 0 radical (unpaired) electrons. The first-order valence-electron chi connectivity index (χ1n) is 3.87. The minimum atomic E-state index is 0.879. The number of rotatable bonds is 1. The SMILES string of the molecule is Cc1ccc([N+](C)(C)C)n1C. The Hall–Kier alpha value is -0.760. The van der Waals surface area contributed by atoms with Crippen LogP contribution in [0.25, 0.3) is 0 Å². The highest BCUT2D eigenvalue weighted by Gasteiger charge is 2.16. The lowest BCUT2D eigenvalue weighted by Crippen LogP contribution is -2.36. The normalized spacial score (nSPS) is 12.1. The standard InChI is InChI=1S/C9H17N2/c1-8-6-7-9(10(8)2)11(3,4)5/h6-7H,1-5H3/q+1. The average Bonchev–Trinajstić information content (AvgIpc) is 2.11.